The van der Waals surface area contributed by atoms with Gasteiger partial charge in [0.1, 0.15) is 5.82 Å². The number of nitrogens with zero attached hydrogens (tertiary/aromatic N) is 3. The minimum atomic E-state index is -3.66. The van der Waals surface area contributed by atoms with Crippen LogP contribution in [0.1, 0.15) is 42.1 Å². The smallest absolute Gasteiger partial charge is 0.254 e. The second kappa shape index (κ2) is 11.0. The van der Waals surface area contributed by atoms with Crippen molar-refractivity contribution in [1.82, 2.24) is 14.1 Å². The van der Waals surface area contributed by atoms with Gasteiger partial charge in [0.2, 0.25) is 10.0 Å². The van der Waals surface area contributed by atoms with E-state index in [0.29, 0.717) is 44.8 Å². The molecule has 8 heteroatoms. The number of sulfonamides is 1. The van der Waals surface area contributed by atoms with Crippen LogP contribution >= 0.6 is 0 Å². The Hall–Kier alpha value is -2.29. The Kier molecular flexibility index (Phi) is 8.39. The molecule has 1 heterocycles. The molecule has 6 nitrogen and oxygen atoms in total. The van der Waals surface area contributed by atoms with E-state index in [4.69, 9.17) is 0 Å². The summed E-state index contributed by atoms with van der Waals surface area (Å²) in [4.78, 5) is 17.3. The summed E-state index contributed by atoms with van der Waals surface area (Å²) >= 11 is 0. The fourth-order valence-electron chi connectivity index (χ4n) is 3.76. The van der Waals surface area contributed by atoms with E-state index in [-0.39, 0.29) is 16.6 Å². The van der Waals surface area contributed by atoms with E-state index in [2.05, 4.69) is 11.8 Å². The maximum atomic E-state index is 13.3. The highest BCUT2D eigenvalue weighted by Gasteiger charge is 2.28. The van der Waals surface area contributed by atoms with Crippen molar-refractivity contribution in [3.8, 4) is 0 Å². The van der Waals surface area contributed by atoms with Gasteiger partial charge in [-0.05, 0) is 49.4 Å². The third kappa shape index (κ3) is 6.15. The molecule has 0 spiro atoms. The number of amides is 1. The topological polar surface area (TPSA) is 60.9 Å². The summed E-state index contributed by atoms with van der Waals surface area (Å²) in [6.45, 7) is 5.23. The maximum Gasteiger partial charge on any atom is 0.254 e. The van der Waals surface area contributed by atoms with Crippen molar-refractivity contribution < 1.29 is 17.6 Å². The van der Waals surface area contributed by atoms with Gasteiger partial charge < -0.3 is 9.80 Å². The van der Waals surface area contributed by atoms with E-state index in [1.54, 1.807) is 35.2 Å². The van der Waals surface area contributed by atoms with Crippen molar-refractivity contribution >= 4 is 15.9 Å². The Morgan fingerprint density at radius 1 is 1.03 bits per heavy atom. The Balaban J connectivity index is 1.81. The van der Waals surface area contributed by atoms with Gasteiger partial charge in [0.25, 0.3) is 5.91 Å². The second-order valence-electron chi connectivity index (χ2n) is 8.30. The number of carbonyl (C=O) groups excluding carboxylic acids is 1. The van der Waals surface area contributed by atoms with Crippen molar-refractivity contribution in [1.29, 1.82) is 0 Å². The van der Waals surface area contributed by atoms with Gasteiger partial charge in [-0.1, -0.05) is 38.0 Å². The number of halogens is 1. The van der Waals surface area contributed by atoms with Crippen LogP contribution in [0.2, 0.25) is 0 Å². The fraction of sp³-hybridized carbons (Fsp3) is 0.458. The largest absolute Gasteiger partial charge is 0.334 e. The van der Waals surface area contributed by atoms with Crippen molar-refractivity contribution in [2.45, 2.75) is 37.6 Å². The van der Waals surface area contributed by atoms with Crippen LogP contribution in [0.5, 0.6) is 0 Å². The maximum absolute atomic E-state index is 13.3. The van der Waals surface area contributed by atoms with Crippen molar-refractivity contribution in [3.05, 3.63) is 65.5 Å². The molecule has 0 unspecified atom stereocenters. The highest BCUT2D eigenvalue weighted by atomic mass is 32.2. The normalized spacial score (nSPS) is 15.6. The van der Waals surface area contributed by atoms with E-state index in [9.17, 15) is 17.6 Å². The number of likely N-dealkylation sites (N-methyl/N-ethyl adjacent to an activating group) is 1. The summed E-state index contributed by atoms with van der Waals surface area (Å²) < 4.78 is 41.0. The molecule has 1 fully saturated rings. The van der Waals surface area contributed by atoms with Gasteiger partial charge in [-0.3, -0.25) is 4.79 Å². The van der Waals surface area contributed by atoms with Crippen LogP contribution in [0.4, 0.5) is 4.39 Å². The molecule has 0 N–H and O–H groups in total. The van der Waals surface area contributed by atoms with Gasteiger partial charge in [-0.25, -0.2) is 12.8 Å². The number of hydrogen-bond donors (Lipinski definition) is 0. The average Bonchev–Trinajstić information content (AvgIpc) is 2.80. The molecule has 0 radical (unpaired) electrons. The lowest BCUT2D eigenvalue weighted by Crippen LogP contribution is -2.47. The minimum absolute atomic E-state index is 0.142. The first kappa shape index (κ1) is 24.4. The zero-order chi connectivity index (χ0) is 23.1. The minimum Gasteiger partial charge on any atom is -0.334 e. The first-order valence-electron chi connectivity index (χ1n) is 11.1. The average molecular weight is 462 g/mol. The number of unbranched alkanes of at least 4 members (excludes halogenated alkanes) is 2. The van der Waals surface area contributed by atoms with Crippen LogP contribution in [0.15, 0.2) is 53.4 Å². The third-order valence-electron chi connectivity index (χ3n) is 5.79. The number of rotatable bonds is 9. The molecule has 0 atom stereocenters. The van der Waals surface area contributed by atoms with Crippen LogP contribution in [0, 0.1) is 5.82 Å². The predicted molar refractivity (Wildman–Crippen MR) is 123 cm³/mol. The Labute approximate surface area is 190 Å². The van der Waals surface area contributed by atoms with Gasteiger partial charge in [0.15, 0.2) is 0 Å². The molecule has 1 amide bonds. The first-order chi connectivity index (χ1) is 15.3. The molecule has 0 aromatic heterocycles. The lowest BCUT2D eigenvalue weighted by molar-refractivity contribution is 0.0739. The first-order valence-corrected chi connectivity index (χ1v) is 12.6. The molecule has 1 aliphatic heterocycles. The summed E-state index contributed by atoms with van der Waals surface area (Å²) in [7, 11) is -1.69. The molecule has 32 heavy (non-hydrogen) atoms. The van der Waals surface area contributed by atoms with E-state index in [1.807, 2.05) is 7.05 Å². The molecular weight excluding hydrogens is 429 g/mol. The summed E-state index contributed by atoms with van der Waals surface area (Å²) in [5, 5.41) is 0. The number of benzene rings is 2. The van der Waals surface area contributed by atoms with E-state index in [0.717, 1.165) is 24.8 Å². The molecule has 2 aromatic rings. The monoisotopic (exact) mass is 461 g/mol. The van der Waals surface area contributed by atoms with Gasteiger partial charge in [-0.2, -0.15) is 4.31 Å². The number of carbonyl (C=O) groups is 1. The summed E-state index contributed by atoms with van der Waals surface area (Å²) in [6.07, 6.45) is 2.87. The summed E-state index contributed by atoms with van der Waals surface area (Å²) in [5.74, 6) is -0.541. The van der Waals surface area contributed by atoms with Crippen molar-refractivity contribution in [3.63, 3.8) is 0 Å². The summed E-state index contributed by atoms with van der Waals surface area (Å²) in [6, 6.07) is 12.4. The third-order valence-corrected chi connectivity index (χ3v) is 7.68. The predicted octanol–water partition coefficient (Wildman–Crippen LogP) is 3.59. The van der Waals surface area contributed by atoms with Crippen LogP contribution in [0.25, 0.3) is 0 Å². The molecule has 1 aliphatic rings. The molecule has 0 bridgehead atoms. The highest BCUT2D eigenvalue weighted by molar-refractivity contribution is 7.89. The van der Waals surface area contributed by atoms with Crippen molar-refractivity contribution in [2.24, 2.45) is 0 Å². The standard InChI is InChI=1S/C24H32FN3O3S/c1-3-4-5-13-27(19-20-9-11-22(25)12-10-20)24(29)21-7-6-8-23(18-21)32(30,31)28-16-14-26(2)15-17-28/h6-12,18H,3-5,13-17,19H2,1-2H3. The van der Waals surface area contributed by atoms with Crippen LogP contribution in [-0.4, -0.2) is 68.2 Å². The lowest BCUT2D eigenvalue weighted by atomic mass is 10.1. The SMILES string of the molecule is CCCCCN(Cc1ccc(F)cc1)C(=O)c1cccc(S(=O)(=O)N2CCN(C)CC2)c1. The zero-order valence-corrected chi connectivity index (χ0v) is 19.7. The molecule has 0 aliphatic carbocycles. The number of piperazine rings is 1. The molecule has 174 valence electrons. The lowest BCUT2D eigenvalue weighted by Gasteiger charge is -2.31. The Morgan fingerprint density at radius 2 is 1.72 bits per heavy atom. The highest BCUT2D eigenvalue weighted by Crippen LogP contribution is 2.20. The van der Waals surface area contributed by atoms with E-state index < -0.39 is 10.0 Å². The fourth-order valence-corrected chi connectivity index (χ4v) is 5.23. The quantitative estimate of drug-likeness (QED) is 0.536. The molecule has 2 aromatic carbocycles. The van der Waals surface area contributed by atoms with Gasteiger partial charge in [0, 0.05) is 44.8 Å². The molecule has 0 saturated carbocycles. The van der Waals surface area contributed by atoms with Crippen LogP contribution in [-0.2, 0) is 16.6 Å². The van der Waals surface area contributed by atoms with Gasteiger partial charge in [0.05, 0.1) is 4.90 Å². The van der Waals surface area contributed by atoms with Gasteiger partial charge >= 0.3 is 0 Å². The number of hydrogen-bond acceptors (Lipinski definition) is 4. The van der Waals surface area contributed by atoms with E-state index in [1.165, 1.54) is 22.5 Å². The Morgan fingerprint density at radius 3 is 2.38 bits per heavy atom. The molecular formula is C24H32FN3O3S. The Bertz CT molecular complexity index is 1000. The summed E-state index contributed by atoms with van der Waals surface area (Å²) in [5.41, 5.74) is 1.18. The zero-order valence-electron chi connectivity index (χ0n) is 18.8. The van der Waals surface area contributed by atoms with Crippen molar-refractivity contribution in [2.75, 3.05) is 39.8 Å². The second-order valence-corrected chi connectivity index (χ2v) is 10.2. The van der Waals surface area contributed by atoms with Crippen LogP contribution in [0.3, 0.4) is 0 Å². The van der Waals surface area contributed by atoms with Crippen LogP contribution < -0.4 is 0 Å². The van der Waals surface area contributed by atoms with E-state index >= 15 is 0 Å². The molecule has 1 saturated heterocycles. The molecule has 3 rings (SSSR count). The van der Waals surface area contributed by atoms with Gasteiger partial charge in [-0.15, -0.1) is 0 Å².